The third kappa shape index (κ3) is 3.31. The Bertz CT molecular complexity index is 920. The van der Waals surface area contributed by atoms with Gasteiger partial charge in [0.05, 0.1) is 11.2 Å². The van der Waals surface area contributed by atoms with Crippen LogP contribution in [0.1, 0.15) is 29.8 Å². The number of amides is 1. The summed E-state index contributed by atoms with van der Waals surface area (Å²) in [5.41, 5.74) is 9.32. The van der Waals surface area contributed by atoms with Crippen molar-refractivity contribution in [2.24, 2.45) is 11.7 Å². The number of anilines is 1. The third-order valence-corrected chi connectivity index (χ3v) is 4.65. The molecule has 0 aliphatic heterocycles. The molecular formula is C20H20N4O. The lowest BCUT2D eigenvalue weighted by atomic mass is 10.0. The molecule has 1 aliphatic rings. The van der Waals surface area contributed by atoms with E-state index in [1.54, 1.807) is 0 Å². The lowest BCUT2D eigenvalue weighted by Crippen LogP contribution is -2.18. The molecule has 1 fully saturated rings. The Hall–Kier alpha value is -2.95. The summed E-state index contributed by atoms with van der Waals surface area (Å²) in [6, 6.07) is 16.1. The average Bonchev–Trinajstić information content (AvgIpc) is 3.46. The highest BCUT2D eigenvalue weighted by molar-refractivity contribution is 6.05. The monoisotopic (exact) mass is 332 g/mol. The van der Waals surface area contributed by atoms with E-state index in [0.29, 0.717) is 5.69 Å². The number of benzene rings is 2. The highest BCUT2D eigenvalue weighted by atomic mass is 16.1. The van der Waals surface area contributed by atoms with Crippen LogP contribution in [0, 0.1) is 5.92 Å². The van der Waals surface area contributed by atoms with Gasteiger partial charge in [0.2, 0.25) is 0 Å². The average molecular weight is 332 g/mol. The maximum Gasteiger partial charge on any atom is 0.271 e. The zero-order valence-corrected chi connectivity index (χ0v) is 13.9. The van der Waals surface area contributed by atoms with Crippen molar-refractivity contribution in [1.82, 2.24) is 10.2 Å². The molecule has 0 spiro atoms. The Labute approximate surface area is 146 Å². The zero-order chi connectivity index (χ0) is 17.2. The van der Waals surface area contributed by atoms with E-state index in [1.165, 1.54) is 12.8 Å². The molecule has 1 heterocycles. The Morgan fingerprint density at radius 3 is 2.60 bits per heavy atom. The van der Waals surface area contributed by atoms with Gasteiger partial charge in [-0.05, 0) is 35.6 Å². The van der Waals surface area contributed by atoms with Gasteiger partial charge in [-0.15, -0.1) is 10.2 Å². The van der Waals surface area contributed by atoms with Gasteiger partial charge in [-0.2, -0.15) is 0 Å². The predicted molar refractivity (Wildman–Crippen MR) is 99.3 cm³/mol. The number of aromatic nitrogens is 2. The van der Waals surface area contributed by atoms with E-state index >= 15 is 0 Å². The summed E-state index contributed by atoms with van der Waals surface area (Å²) in [5, 5.41) is 12.5. The van der Waals surface area contributed by atoms with Crippen LogP contribution in [0.5, 0.6) is 0 Å². The maximum atomic E-state index is 11.7. The van der Waals surface area contributed by atoms with Crippen molar-refractivity contribution in [2.45, 2.75) is 19.3 Å². The first kappa shape index (κ1) is 15.6. The van der Waals surface area contributed by atoms with E-state index < -0.39 is 5.91 Å². The van der Waals surface area contributed by atoms with Crippen LogP contribution in [-0.2, 0) is 0 Å². The fourth-order valence-corrected chi connectivity index (χ4v) is 3.08. The first-order valence-electron chi connectivity index (χ1n) is 8.62. The van der Waals surface area contributed by atoms with Crippen molar-refractivity contribution in [3.8, 4) is 11.1 Å². The molecule has 0 bridgehead atoms. The van der Waals surface area contributed by atoms with E-state index in [9.17, 15) is 4.79 Å². The molecule has 5 nitrogen and oxygen atoms in total. The van der Waals surface area contributed by atoms with Gasteiger partial charge in [0.1, 0.15) is 0 Å². The standard InChI is InChI=1S/C20H20N4O/c21-20(25)19-18(22-11-10-13-6-7-13)16-9-8-15(12-17(16)23-24-19)14-4-2-1-3-5-14/h1-5,8-9,12-13H,6-7,10-11H2,(H2,21,25)(H,22,23). The van der Waals surface area contributed by atoms with E-state index in [4.69, 9.17) is 5.73 Å². The molecule has 25 heavy (non-hydrogen) atoms. The van der Waals surface area contributed by atoms with Crippen molar-refractivity contribution in [3.05, 3.63) is 54.2 Å². The fourth-order valence-electron chi connectivity index (χ4n) is 3.08. The Morgan fingerprint density at radius 2 is 1.88 bits per heavy atom. The van der Waals surface area contributed by atoms with Crippen LogP contribution in [-0.4, -0.2) is 22.6 Å². The van der Waals surface area contributed by atoms with Gasteiger partial charge >= 0.3 is 0 Å². The number of nitrogens with one attached hydrogen (secondary N) is 1. The normalized spacial score (nSPS) is 13.8. The largest absolute Gasteiger partial charge is 0.383 e. The van der Waals surface area contributed by atoms with Crippen molar-refractivity contribution in [1.29, 1.82) is 0 Å². The second kappa shape index (κ2) is 6.51. The molecule has 3 N–H and O–H groups in total. The number of nitrogens with zero attached hydrogens (tertiary/aromatic N) is 2. The smallest absolute Gasteiger partial charge is 0.271 e. The third-order valence-electron chi connectivity index (χ3n) is 4.65. The number of carbonyl (C=O) groups excluding carboxylic acids is 1. The Morgan fingerprint density at radius 1 is 1.08 bits per heavy atom. The summed E-state index contributed by atoms with van der Waals surface area (Å²) >= 11 is 0. The summed E-state index contributed by atoms with van der Waals surface area (Å²) in [7, 11) is 0. The fraction of sp³-hybridized carbons (Fsp3) is 0.250. The van der Waals surface area contributed by atoms with Gasteiger partial charge in [0, 0.05) is 11.9 Å². The number of primary amides is 1. The lowest BCUT2D eigenvalue weighted by Gasteiger charge is -2.12. The van der Waals surface area contributed by atoms with Gasteiger partial charge in [-0.3, -0.25) is 4.79 Å². The number of hydrogen-bond acceptors (Lipinski definition) is 4. The molecule has 0 radical (unpaired) electrons. The van der Waals surface area contributed by atoms with Crippen molar-refractivity contribution in [3.63, 3.8) is 0 Å². The minimum atomic E-state index is -0.560. The molecule has 2 aromatic carbocycles. The van der Waals surface area contributed by atoms with Crippen LogP contribution < -0.4 is 11.1 Å². The van der Waals surface area contributed by atoms with Gasteiger partial charge in [0.15, 0.2) is 5.69 Å². The minimum absolute atomic E-state index is 0.204. The molecule has 0 saturated heterocycles. The highest BCUT2D eigenvalue weighted by Crippen LogP contribution is 2.33. The van der Waals surface area contributed by atoms with Crippen LogP contribution in [0.2, 0.25) is 0 Å². The minimum Gasteiger partial charge on any atom is -0.383 e. The molecule has 4 rings (SSSR count). The first-order chi connectivity index (χ1) is 12.2. The molecule has 1 saturated carbocycles. The van der Waals surface area contributed by atoms with Gasteiger partial charge in [0.25, 0.3) is 5.91 Å². The number of nitrogens with two attached hydrogens (primary N) is 1. The van der Waals surface area contributed by atoms with Crippen LogP contribution in [0.25, 0.3) is 22.0 Å². The molecule has 126 valence electrons. The Kier molecular flexibility index (Phi) is 4.06. The van der Waals surface area contributed by atoms with E-state index in [-0.39, 0.29) is 5.69 Å². The quantitative estimate of drug-likeness (QED) is 0.722. The van der Waals surface area contributed by atoms with Crippen molar-refractivity contribution >= 4 is 22.5 Å². The second-order valence-corrected chi connectivity index (χ2v) is 6.54. The van der Waals surface area contributed by atoms with Crippen LogP contribution in [0.15, 0.2) is 48.5 Å². The zero-order valence-electron chi connectivity index (χ0n) is 13.9. The van der Waals surface area contributed by atoms with Gasteiger partial charge < -0.3 is 11.1 Å². The summed E-state index contributed by atoms with van der Waals surface area (Å²) in [4.78, 5) is 11.7. The molecule has 0 unspecified atom stereocenters. The number of hydrogen-bond donors (Lipinski definition) is 2. The molecule has 5 heteroatoms. The number of fused-ring (bicyclic) bond motifs is 1. The summed E-state index contributed by atoms with van der Waals surface area (Å²) < 4.78 is 0. The van der Waals surface area contributed by atoms with Crippen LogP contribution >= 0.6 is 0 Å². The SMILES string of the molecule is NC(=O)c1nnc2cc(-c3ccccc3)ccc2c1NCCC1CC1. The number of carbonyl (C=O) groups is 1. The summed E-state index contributed by atoms with van der Waals surface area (Å²) in [5.74, 6) is 0.255. The Balaban J connectivity index is 1.73. The van der Waals surface area contributed by atoms with Crippen molar-refractivity contribution < 1.29 is 4.79 Å². The second-order valence-electron chi connectivity index (χ2n) is 6.54. The van der Waals surface area contributed by atoms with Crippen LogP contribution in [0.4, 0.5) is 5.69 Å². The number of rotatable bonds is 6. The lowest BCUT2D eigenvalue weighted by molar-refractivity contribution is 0.0995. The summed E-state index contributed by atoms with van der Waals surface area (Å²) in [6.07, 6.45) is 3.71. The topological polar surface area (TPSA) is 80.9 Å². The molecule has 3 aromatic rings. The van der Waals surface area contributed by atoms with E-state index in [0.717, 1.165) is 40.9 Å². The highest BCUT2D eigenvalue weighted by Gasteiger charge is 2.21. The van der Waals surface area contributed by atoms with Crippen LogP contribution in [0.3, 0.4) is 0 Å². The molecule has 1 aromatic heterocycles. The predicted octanol–water partition coefficient (Wildman–Crippen LogP) is 3.61. The summed E-state index contributed by atoms with van der Waals surface area (Å²) in [6.45, 7) is 0.812. The molecular weight excluding hydrogens is 312 g/mol. The van der Waals surface area contributed by atoms with Crippen molar-refractivity contribution in [2.75, 3.05) is 11.9 Å². The molecule has 1 aliphatic carbocycles. The first-order valence-corrected chi connectivity index (χ1v) is 8.62. The molecule has 0 atom stereocenters. The van der Waals surface area contributed by atoms with E-state index in [1.807, 2.05) is 36.4 Å². The van der Waals surface area contributed by atoms with E-state index in [2.05, 4.69) is 27.6 Å². The van der Waals surface area contributed by atoms with Gasteiger partial charge in [-0.1, -0.05) is 49.2 Å². The maximum absolute atomic E-state index is 11.7. The van der Waals surface area contributed by atoms with Gasteiger partial charge in [-0.25, -0.2) is 0 Å². The molecule has 1 amide bonds.